The van der Waals surface area contributed by atoms with Crippen LogP contribution in [-0.2, 0) is 4.79 Å². The predicted octanol–water partition coefficient (Wildman–Crippen LogP) is 7.17. The summed E-state index contributed by atoms with van der Waals surface area (Å²) in [7, 11) is 0. The van der Waals surface area contributed by atoms with E-state index < -0.39 is 11.1 Å². The minimum Gasteiger partial charge on any atom is -0.325 e. The Hall–Kier alpha value is -3.90. The third-order valence-electron chi connectivity index (χ3n) is 5.28. The smallest absolute Gasteiger partial charge is 0.255 e. The molecule has 0 aromatic heterocycles. The molecule has 0 fully saturated rings. The number of aryl methyl sites for hydroxylation is 2. The molecule has 176 valence electrons. The molecule has 0 aliphatic carbocycles. The van der Waals surface area contributed by atoms with E-state index in [9.17, 15) is 14.0 Å². The number of nitrogens with one attached hydrogen (secondary N) is 2. The average Bonchev–Trinajstić information content (AvgIpc) is 2.83. The molecule has 0 aliphatic rings. The van der Waals surface area contributed by atoms with Gasteiger partial charge >= 0.3 is 0 Å². The van der Waals surface area contributed by atoms with Gasteiger partial charge in [-0.15, -0.1) is 11.8 Å². The quantitative estimate of drug-likeness (QED) is 0.274. The molecule has 0 spiro atoms. The lowest BCUT2D eigenvalue weighted by atomic mass is 10.1. The molecule has 4 nitrogen and oxygen atoms in total. The Morgan fingerprint density at radius 3 is 2.11 bits per heavy atom. The first-order valence-electron chi connectivity index (χ1n) is 11.1. The molecule has 0 saturated heterocycles. The Labute approximate surface area is 208 Å². The highest BCUT2D eigenvalue weighted by Crippen LogP contribution is 2.37. The van der Waals surface area contributed by atoms with Gasteiger partial charge in [0.2, 0.25) is 5.91 Å². The standard InChI is InChI=1S/C29H25FN2O2S/c1-19-15-20(2)17-25(16-19)32-29(34)27(21-7-4-3-5-8-21)35-26-10-6-9-24(18-26)31-28(33)22-11-13-23(30)14-12-22/h3-18,27H,1-2H3,(H,31,33)(H,32,34). The second kappa shape index (κ2) is 11.0. The Balaban J connectivity index is 1.54. The maximum Gasteiger partial charge on any atom is 0.255 e. The fourth-order valence-corrected chi connectivity index (χ4v) is 4.83. The minimum absolute atomic E-state index is 0.132. The molecule has 2 amide bonds. The van der Waals surface area contributed by atoms with Crippen molar-refractivity contribution < 1.29 is 14.0 Å². The number of anilines is 2. The van der Waals surface area contributed by atoms with Gasteiger partial charge in [-0.05, 0) is 85.1 Å². The minimum atomic E-state index is -0.500. The molecule has 35 heavy (non-hydrogen) atoms. The Morgan fingerprint density at radius 2 is 1.43 bits per heavy atom. The summed E-state index contributed by atoms with van der Waals surface area (Å²) >= 11 is 1.40. The van der Waals surface area contributed by atoms with Gasteiger partial charge in [0.15, 0.2) is 0 Å². The van der Waals surface area contributed by atoms with Crippen LogP contribution in [-0.4, -0.2) is 11.8 Å². The third-order valence-corrected chi connectivity index (χ3v) is 6.53. The number of amides is 2. The van der Waals surface area contributed by atoms with E-state index in [2.05, 4.69) is 16.7 Å². The molecule has 0 heterocycles. The van der Waals surface area contributed by atoms with Gasteiger partial charge < -0.3 is 10.6 Å². The van der Waals surface area contributed by atoms with Crippen molar-refractivity contribution >= 4 is 35.0 Å². The summed E-state index contributed by atoms with van der Waals surface area (Å²) in [5, 5.41) is 5.39. The van der Waals surface area contributed by atoms with E-state index in [-0.39, 0.29) is 11.8 Å². The first-order chi connectivity index (χ1) is 16.9. The lowest BCUT2D eigenvalue weighted by molar-refractivity contribution is -0.115. The largest absolute Gasteiger partial charge is 0.325 e. The van der Waals surface area contributed by atoms with E-state index in [1.807, 2.05) is 74.5 Å². The van der Waals surface area contributed by atoms with Gasteiger partial charge in [-0.2, -0.15) is 0 Å². The van der Waals surface area contributed by atoms with Crippen molar-refractivity contribution in [1.29, 1.82) is 0 Å². The van der Waals surface area contributed by atoms with Gasteiger partial charge in [-0.3, -0.25) is 9.59 Å². The molecule has 0 bridgehead atoms. The second-order valence-electron chi connectivity index (χ2n) is 8.26. The molecular formula is C29H25FN2O2S. The van der Waals surface area contributed by atoms with Crippen LogP contribution in [0.4, 0.5) is 15.8 Å². The van der Waals surface area contributed by atoms with Gasteiger partial charge in [-0.25, -0.2) is 4.39 Å². The fraction of sp³-hybridized carbons (Fsp3) is 0.103. The molecule has 4 aromatic carbocycles. The maximum absolute atomic E-state index is 13.4. The van der Waals surface area contributed by atoms with Crippen molar-refractivity contribution in [2.75, 3.05) is 10.6 Å². The highest BCUT2D eigenvalue weighted by Gasteiger charge is 2.22. The zero-order valence-corrected chi connectivity index (χ0v) is 20.2. The van der Waals surface area contributed by atoms with Gasteiger partial charge in [0.05, 0.1) is 0 Å². The number of rotatable bonds is 7. The van der Waals surface area contributed by atoms with Gasteiger partial charge in [0.25, 0.3) is 5.91 Å². The first kappa shape index (κ1) is 24.2. The lowest BCUT2D eigenvalue weighted by Crippen LogP contribution is -2.19. The number of hydrogen-bond acceptors (Lipinski definition) is 3. The summed E-state index contributed by atoms with van der Waals surface area (Å²) in [6, 6.07) is 28.2. The second-order valence-corrected chi connectivity index (χ2v) is 9.44. The van der Waals surface area contributed by atoms with Crippen LogP contribution in [0.3, 0.4) is 0 Å². The Kier molecular flexibility index (Phi) is 7.63. The Morgan fingerprint density at radius 1 is 0.743 bits per heavy atom. The monoisotopic (exact) mass is 484 g/mol. The molecule has 2 N–H and O–H groups in total. The van der Waals surface area contributed by atoms with Crippen LogP contribution in [0, 0.1) is 19.7 Å². The van der Waals surface area contributed by atoms with Crippen molar-refractivity contribution in [1.82, 2.24) is 0 Å². The van der Waals surface area contributed by atoms with Crippen molar-refractivity contribution in [2.45, 2.75) is 24.0 Å². The molecular weight excluding hydrogens is 459 g/mol. The maximum atomic E-state index is 13.4. The van der Waals surface area contributed by atoms with E-state index in [1.165, 1.54) is 36.0 Å². The molecule has 6 heteroatoms. The zero-order valence-electron chi connectivity index (χ0n) is 19.4. The van der Waals surface area contributed by atoms with Crippen molar-refractivity contribution in [3.8, 4) is 0 Å². The number of halogens is 1. The van der Waals surface area contributed by atoms with Crippen molar-refractivity contribution in [3.05, 3.63) is 125 Å². The van der Waals surface area contributed by atoms with E-state index in [0.717, 1.165) is 27.3 Å². The van der Waals surface area contributed by atoms with E-state index in [0.29, 0.717) is 11.3 Å². The number of thioether (sulfide) groups is 1. The number of benzene rings is 4. The van der Waals surface area contributed by atoms with Crippen molar-refractivity contribution in [3.63, 3.8) is 0 Å². The van der Waals surface area contributed by atoms with E-state index in [1.54, 1.807) is 6.07 Å². The van der Waals surface area contributed by atoms with Gasteiger partial charge in [0.1, 0.15) is 11.1 Å². The molecule has 0 saturated carbocycles. The number of hydrogen-bond donors (Lipinski definition) is 2. The van der Waals surface area contributed by atoms with Crippen molar-refractivity contribution in [2.24, 2.45) is 0 Å². The van der Waals surface area contributed by atoms with Gasteiger partial charge in [0, 0.05) is 21.8 Å². The van der Waals surface area contributed by atoms with Crippen LogP contribution >= 0.6 is 11.8 Å². The predicted molar refractivity (Wildman–Crippen MR) is 140 cm³/mol. The molecule has 0 radical (unpaired) electrons. The normalized spacial score (nSPS) is 11.5. The zero-order chi connectivity index (χ0) is 24.8. The van der Waals surface area contributed by atoms with Crippen LogP contribution in [0.25, 0.3) is 0 Å². The summed E-state index contributed by atoms with van der Waals surface area (Å²) in [6.45, 7) is 4.00. The van der Waals surface area contributed by atoms with Gasteiger partial charge in [-0.1, -0.05) is 42.5 Å². The highest BCUT2D eigenvalue weighted by molar-refractivity contribution is 8.00. The third kappa shape index (κ3) is 6.58. The summed E-state index contributed by atoms with van der Waals surface area (Å²) in [4.78, 5) is 26.8. The topological polar surface area (TPSA) is 58.2 Å². The number of carbonyl (C=O) groups excluding carboxylic acids is 2. The number of carbonyl (C=O) groups is 2. The van der Waals surface area contributed by atoms with Crippen LogP contribution in [0.15, 0.2) is 102 Å². The summed E-state index contributed by atoms with van der Waals surface area (Å²) in [5.41, 5.74) is 4.74. The molecule has 1 atom stereocenters. The van der Waals surface area contributed by atoms with Crippen LogP contribution < -0.4 is 10.6 Å². The highest BCUT2D eigenvalue weighted by atomic mass is 32.2. The average molecular weight is 485 g/mol. The summed E-state index contributed by atoms with van der Waals surface area (Å²) in [6.07, 6.45) is 0. The first-order valence-corrected chi connectivity index (χ1v) is 12.0. The van der Waals surface area contributed by atoms with E-state index >= 15 is 0 Å². The Bertz CT molecular complexity index is 1320. The van der Waals surface area contributed by atoms with Crippen LogP contribution in [0.2, 0.25) is 0 Å². The fourth-order valence-electron chi connectivity index (χ4n) is 3.74. The molecule has 1 unspecified atom stereocenters. The van der Waals surface area contributed by atoms with Crippen LogP contribution in [0.5, 0.6) is 0 Å². The lowest BCUT2D eigenvalue weighted by Gasteiger charge is -2.18. The SMILES string of the molecule is Cc1cc(C)cc(NC(=O)C(Sc2cccc(NC(=O)c3ccc(F)cc3)c2)c2ccccc2)c1. The molecule has 4 aromatic rings. The molecule has 4 rings (SSSR count). The van der Waals surface area contributed by atoms with Crippen LogP contribution in [0.1, 0.15) is 32.3 Å². The summed E-state index contributed by atoms with van der Waals surface area (Å²) in [5.74, 6) is -0.864. The summed E-state index contributed by atoms with van der Waals surface area (Å²) < 4.78 is 13.2. The van der Waals surface area contributed by atoms with E-state index in [4.69, 9.17) is 0 Å². The molecule has 0 aliphatic heterocycles.